The van der Waals surface area contributed by atoms with Gasteiger partial charge in [-0.25, -0.2) is 0 Å². The molecule has 13 heavy (non-hydrogen) atoms. The van der Waals surface area contributed by atoms with Gasteiger partial charge in [-0.05, 0) is 17.3 Å². The topological polar surface area (TPSA) is 20.2 Å². The number of rotatable bonds is 3. The molecule has 0 unspecified atom stereocenters. The van der Waals surface area contributed by atoms with Gasteiger partial charge in [-0.3, -0.25) is 0 Å². The first kappa shape index (κ1) is 12.7. The Kier molecular flexibility index (Phi) is 4.18. The molecule has 0 radical (unpaired) electrons. The summed E-state index contributed by atoms with van der Waals surface area (Å²) in [6, 6.07) is 0. The van der Waals surface area contributed by atoms with Gasteiger partial charge >= 0.3 is 0 Å². The molecule has 78 valence electrons. The van der Waals surface area contributed by atoms with Crippen LogP contribution in [0.2, 0.25) is 0 Å². The van der Waals surface area contributed by atoms with Crippen molar-refractivity contribution in [3.63, 3.8) is 0 Å². The van der Waals surface area contributed by atoms with Gasteiger partial charge in [-0.1, -0.05) is 53.2 Å². The summed E-state index contributed by atoms with van der Waals surface area (Å²) in [5.41, 5.74) is 1.70. The Bertz CT molecular complexity index is 182. The van der Waals surface area contributed by atoms with Crippen LogP contribution in [-0.2, 0) is 0 Å². The smallest absolute Gasteiger partial charge is 0.0615 e. The Balaban J connectivity index is 4.95. The van der Waals surface area contributed by atoms with Crippen molar-refractivity contribution in [2.24, 2.45) is 10.8 Å². The Morgan fingerprint density at radius 3 is 1.85 bits per heavy atom. The van der Waals surface area contributed by atoms with E-state index in [1.807, 2.05) is 6.08 Å². The van der Waals surface area contributed by atoms with Crippen LogP contribution in [0, 0.1) is 10.8 Å². The van der Waals surface area contributed by atoms with Gasteiger partial charge in [0.2, 0.25) is 0 Å². The van der Waals surface area contributed by atoms with Gasteiger partial charge in [0.1, 0.15) is 0 Å². The summed E-state index contributed by atoms with van der Waals surface area (Å²) < 4.78 is 0. The minimum Gasteiger partial charge on any atom is -0.392 e. The molecular formula is C12H24O. The van der Waals surface area contributed by atoms with Crippen LogP contribution in [-0.4, -0.2) is 11.7 Å². The normalized spacial score (nSPS) is 14.8. The second kappa shape index (κ2) is 4.28. The lowest BCUT2D eigenvalue weighted by Crippen LogP contribution is -2.24. The quantitative estimate of drug-likeness (QED) is 0.667. The zero-order chi connectivity index (χ0) is 10.7. The van der Waals surface area contributed by atoms with Gasteiger partial charge in [0.15, 0.2) is 0 Å². The predicted molar refractivity (Wildman–Crippen MR) is 58.7 cm³/mol. The first-order chi connectivity index (χ1) is 5.75. The average Bonchev–Trinajstić information content (AvgIpc) is 1.98. The highest BCUT2D eigenvalue weighted by molar-refractivity contribution is 5.19. The molecule has 0 aromatic rings. The third-order valence-corrected chi connectivity index (χ3v) is 2.72. The van der Waals surface area contributed by atoms with Gasteiger partial charge in [0, 0.05) is 0 Å². The van der Waals surface area contributed by atoms with Crippen molar-refractivity contribution in [2.45, 2.75) is 48.0 Å². The summed E-state index contributed by atoms with van der Waals surface area (Å²) in [4.78, 5) is 0. The molecule has 0 heterocycles. The van der Waals surface area contributed by atoms with Crippen molar-refractivity contribution in [2.75, 3.05) is 6.61 Å². The van der Waals surface area contributed by atoms with E-state index in [9.17, 15) is 0 Å². The summed E-state index contributed by atoms with van der Waals surface area (Å²) in [6.07, 6.45) is 3.07. The minimum absolute atomic E-state index is 0.149. The Labute approximate surface area is 82.9 Å². The maximum atomic E-state index is 8.98. The van der Waals surface area contributed by atoms with Crippen LogP contribution in [0.3, 0.4) is 0 Å². The van der Waals surface area contributed by atoms with E-state index in [0.29, 0.717) is 0 Å². The molecule has 0 atom stereocenters. The molecule has 0 aliphatic rings. The highest BCUT2D eigenvalue weighted by Crippen LogP contribution is 2.41. The molecule has 0 aliphatic heterocycles. The fraction of sp³-hybridized carbons (Fsp3) is 0.833. The lowest BCUT2D eigenvalue weighted by atomic mass is 9.69. The monoisotopic (exact) mass is 184 g/mol. The van der Waals surface area contributed by atoms with Crippen molar-refractivity contribution in [3.05, 3.63) is 11.6 Å². The van der Waals surface area contributed by atoms with Crippen LogP contribution in [0.4, 0.5) is 0 Å². The fourth-order valence-electron chi connectivity index (χ4n) is 1.88. The first-order valence-corrected chi connectivity index (χ1v) is 5.07. The predicted octanol–water partition coefficient (Wildman–Crippen LogP) is 3.39. The summed E-state index contributed by atoms with van der Waals surface area (Å²) in [5, 5.41) is 8.98. The summed E-state index contributed by atoms with van der Waals surface area (Å²) in [7, 11) is 0. The molecule has 0 saturated heterocycles. The third kappa shape index (κ3) is 3.51. The summed E-state index contributed by atoms with van der Waals surface area (Å²) in [6.45, 7) is 13.4. The average molecular weight is 184 g/mol. The van der Waals surface area contributed by atoms with Crippen LogP contribution in [0.25, 0.3) is 0 Å². The fourth-order valence-corrected chi connectivity index (χ4v) is 1.88. The van der Waals surface area contributed by atoms with Crippen LogP contribution in [0.15, 0.2) is 11.6 Å². The van der Waals surface area contributed by atoms with E-state index in [1.165, 1.54) is 5.57 Å². The molecule has 0 aromatic carbocycles. The Morgan fingerprint density at radius 1 is 1.15 bits per heavy atom. The molecule has 1 N–H and O–H groups in total. The van der Waals surface area contributed by atoms with E-state index in [4.69, 9.17) is 5.11 Å². The number of aliphatic hydroxyl groups excluding tert-OH is 1. The van der Waals surface area contributed by atoms with Gasteiger partial charge in [-0.2, -0.15) is 0 Å². The van der Waals surface area contributed by atoms with Crippen LogP contribution in [0.5, 0.6) is 0 Å². The van der Waals surface area contributed by atoms with Gasteiger partial charge in [-0.15, -0.1) is 0 Å². The number of allylic oxidation sites excluding steroid dienone is 1. The van der Waals surface area contributed by atoms with E-state index >= 15 is 0 Å². The SMILES string of the molecule is CCC(C)(C)C(=CCO)C(C)(C)C. The minimum atomic E-state index is 0.149. The van der Waals surface area contributed by atoms with Crippen LogP contribution in [0.1, 0.15) is 48.0 Å². The standard InChI is InChI=1S/C12H24O/c1-7-12(5,6)10(8-9-13)11(2,3)4/h8,13H,7,9H2,1-6H3. The number of hydrogen-bond donors (Lipinski definition) is 1. The van der Waals surface area contributed by atoms with Crippen LogP contribution < -0.4 is 0 Å². The second-order valence-electron chi connectivity index (χ2n) is 5.29. The lowest BCUT2D eigenvalue weighted by Gasteiger charge is -2.36. The highest BCUT2D eigenvalue weighted by atomic mass is 16.2. The molecule has 1 nitrogen and oxygen atoms in total. The van der Waals surface area contributed by atoms with Crippen LogP contribution >= 0.6 is 0 Å². The van der Waals surface area contributed by atoms with Gasteiger partial charge in [0.25, 0.3) is 0 Å². The zero-order valence-corrected chi connectivity index (χ0v) is 9.94. The van der Waals surface area contributed by atoms with E-state index in [-0.39, 0.29) is 17.4 Å². The Morgan fingerprint density at radius 2 is 1.62 bits per heavy atom. The largest absolute Gasteiger partial charge is 0.392 e. The van der Waals surface area contributed by atoms with Crippen molar-refractivity contribution in [1.82, 2.24) is 0 Å². The number of aliphatic hydroxyl groups is 1. The summed E-state index contributed by atoms with van der Waals surface area (Å²) in [5.74, 6) is 0. The maximum absolute atomic E-state index is 8.98. The van der Waals surface area contributed by atoms with E-state index in [2.05, 4.69) is 41.5 Å². The molecule has 0 rings (SSSR count). The van der Waals surface area contributed by atoms with E-state index in [1.54, 1.807) is 0 Å². The lowest BCUT2D eigenvalue weighted by molar-refractivity contribution is 0.303. The molecule has 1 heteroatoms. The molecule has 0 aromatic heterocycles. The molecular weight excluding hydrogens is 160 g/mol. The Hall–Kier alpha value is -0.300. The van der Waals surface area contributed by atoms with E-state index in [0.717, 1.165) is 6.42 Å². The number of hydrogen-bond acceptors (Lipinski definition) is 1. The third-order valence-electron chi connectivity index (χ3n) is 2.72. The second-order valence-corrected chi connectivity index (χ2v) is 5.29. The van der Waals surface area contributed by atoms with E-state index < -0.39 is 0 Å². The van der Waals surface area contributed by atoms with Gasteiger partial charge < -0.3 is 5.11 Å². The highest BCUT2D eigenvalue weighted by Gasteiger charge is 2.29. The molecule has 0 fully saturated rings. The zero-order valence-electron chi connectivity index (χ0n) is 9.94. The summed E-state index contributed by atoms with van der Waals surface area (Å²) >= 11 is 0. The van der Waals surface area contributed by atoms with Crippen molar-refractivity contribution in [1.29, 1.82) is 0 Å². The van der Waals surface area contributed by atoms with Crippen molar-refractivity contribution >= 4 is 0 Å². The molecule has 0 spiro atoms. The van der Waals surface area contributed by atoms with Gasteiger partial charge in [0.05, 0.1) is 6.61 Å². The van der Waals surface area contributed by atoms with Crippen molar-refractivity contribution < 1.29 is 5.11 Å². The molecule has 0 saturated carbocycles. The maximum Gasteiger partial charge on any atom is 0.0615 e. The molecule has 0 bridgehead atoms. The first-order valence-electron chi connectivity index (χ1n) is 5.07. The molecule has 0 amide bonds. The molecule has 0 aliphatic carbocycles. The van der Waals surface area contributed by atoms with Crippen molar-refractivity contribution in [3.8, 4) is 0 Å².